The number of furan rings is 1. The quantitative estimate of drug-likeness (QED) is 0.711. The van der Waals surface area contributed by atoms with E-state index in [1.165, 1.54) is 12.1 Å². The second-order valence-corrected chi connectivity index (χ2v) is 7.39. The Labute approximate surface area is 162 Å². The molecule has 5 rings (SSSR count). The molecule has 1 aliphatic carbocycles. The summed E-state index contributed by atoms with van der Waals surface area (Å²) < 4.78 is 18.5. The molecule has 1 saturated heterocycles. The van der Waals surface area contributed by atoms with E-state index < -0.39 is 0 Å². The maximum atomic E-state index is 13.1. The Morgan fingerprint density at radius 2 is 1.82 bits per heavy atom. The number of amides is 2. The highest BCUT2D eigenvalue weighted by Crippen LogP contribution is 2.46. The van der Waals surface area contributed by atoms with Gasteiger partial charge in [0.1, 0.15) is 11.6 Å². The molecule has 2 atom stereocenters. The zero-order valence-corrected chi connectivity index (χ0v) is 15.1. The Kier molecular flexibility index (Phi) is 4.04. The number of piperidine rings is 1. The summed E-state index contributed by atoms with van der Waals surface area (Å²) in [5, 5.41) is 5.99. The summed E-state index contributed by atoms with van der Waals surface area (Å²) >= 11 is 0. The molecule has 2 aliphatic rings. The van der Waals surface area contributed by atoms with Gasteiger partial charge in [-0.2, -0.15) is 0 Å². The van der Waals surface area contributed by atoms with E-state index in [1.807, 2.05) is 36.4 Å². The minimum Gasteiger partial charge on any atom is -0.464 e. The van der Waals surface area contributed by atoms with E-state index >= 15 is 0 Å². The van der Waals surface area contributed by atoms with Crippen LogP contribution < -0.4 is 15.5 Å². The van der Waals surface area contributed by atoms with Crippen LogP contribution in [0.25, 0.3) is 11.3 Å². The van der Waals surface area contributed by atoms with Gasteiger partial charge in [-0.15, -0.1) is 0 Å². The zero-order chi connectivity index (χ0) is 19.1. The number of urea groups is 1. The first-order chi connectivity index (χ1) is 13.7. The molecule has 28 heavy (non-hydrogen) atoms. The zero-order valence-electron chi connectivity index (χ0n) is 15.1. The molecule has 1 saturated carbocycles. The fourth-order valence-electron chi connectivity index (χ4n) is 4.11. The predicted molar refractivity (Wildman–Crippen MR) is 106 cm³/mol. The fourth-order valence-corrected chi connectivity index (χ4v) is 4.11. The summed E-state index contributed by atoms with van der Waals surface area (Å²) in [4.78, 5) is 14.6. The first-order valence-electron chi connectivity index (χ1n) is 9.39. The largest absolute Gasteiger partial charge is 0.464 e. The lowest BCUT2D eigenvalue weighted by molar-refractivity contribution is 0.250. The van der Waals surface area contributed by atoms with Crippen molar-refractivity contribution in [1.82, 2.24) is 5.32 Å². The Morgan fingerprint density at radius 1 is 1.04 bits per heavy atom. The average molecular weight is 377 g/mol. The number of nitrogens with zero attached hydrogens (tertiary/aromatic N) is 1. The molecule has 1 aromatic heterocycles. The van der Waals surface area contributed by atoms with Gasteiger partial charge in [0, 0.05) is 47.9 Å². The third-order valence-corrected chi connectivity index (χ3v) is 5.61. The van der Waals surface area contributed by atoms with Crippen molar-refractivity contribution in [1.29, 1.82) is 0 Å². The van der Waals surface area contributed by atoms with E-state index in [2.05, 4.69) is 15.5 Å². The maximum Gasteiger partial charge on any atom is 0.319 e. The molecule has 2 unspecified atom stereocenters. The van der Waals surface area contributed by atoms with Gasteiger partial charge in [-0.05, 0) is 48.5 Å². The molecule has 6 heteroatoms. The van der Waals surface area contributed by atoms with Crippen LogP contribution in [0.1, 0.15) is 0 Å². The topological polar surface area (TPSA) is 57.5 Å². The minimum absolute atomic E-state index is 0.190. The molecule has 0 bridgehead atoms. The van der Waals surface area contributed by atoms with Crippen LogP contribution in [-0.4, -0.2) is 25.2 Å². The van der Waals surface area contributed by atoms with Crippen molar-refractivity contribution >= 4 is 17.4 Å². The average Bonchev–Trinajstić information content (AvgIpc) is 3.14. The number of halogens is 1. The van der Waals surface area contributed by atoms with Crippen LogP contribution in [0.3, 0.4) is 0 Å². The minimum atomic E-state index is -0.222. The number of carbonyl (C=O) groups is 1. The predicted octanol–water partition coefficient (Wildman–Crippen LogP) is 4.34. The number of fused-ring (bicyclic) bond motifs is 1. The lowest BCUT2D eigenvalue weighted by atomic mass is 10.1. The Hall–Kier alpha value is -3.28. The summed E-state index contributed by atoms with van der Waals surface area (Å²) in [5.74, 6) is 1.44. The van der Waals surface area contributed by atoms with Gasteiger partial charge in [0.05, 0.1) is 6.26 Å². The van der Waals surface area contributed by atoms with Crippen LogP contribution in [0.4, 0.5) is 20.6 Å². The molecule has 2 fully saturated rings. The van der Waals surface area contributed by atoms with E-state index in [9.17, 15) is 9.18 Å². The van der Waals surface area contributed by atoms with Crippen LogP contribution in [0, 0.1) is 17.7 Å². The molecule has 1 aliphatic heterocycles. The van der Waals surface area contributed by atoms with Gasteiger partial charge < -0.3 is 20.0 Å². The maximum absolute atomic E-state index is 13.1. The summed E-state index contributed by atoms with van der Waals surface area (Å²) in [6, 6.07) is 17.9. The normalized spacial score (nSPS) is 22.6. The summed E-state index contributed by atoms with van der Waals surface area (Å²) in [7, 11) is 0. The molecule has 2 N–H and O–H groups in total. The highest BCUT2D eigenvalue weighted by molar-refractivity contribution is 5.90. The van der Waals surface area contributed by atoms with Gasteiger partial charge in [-0.3, -0.25) is 0 Å². The van der Waals surface area contributed by atoms with E-state index in [4.69, 9.17) is 4.42 Å². The van der Waals surface area contributed by atoms with Gasteiger partial charge in [0.2, 0.25) is 0 Å². The highest BCUT2D eigenvalue weighted by atomic mass is 19.1. The first-order valence-corrected chi connectivity index (χ1v) is 9.39. The standard InChI is InChI=1S/C22H20FN3O2/c23-15-6-8-17(9-7-15)26-12-18-19(13-26)21(18)25-22(27)24-16-4-1-3-14(11-16)20-5-2-10-28-20/h1-11,18-19,21H,12-13H2,(H2,24,25,27). The number of hydrogen-bond acceptors (Lipinski definition) is 3. The van der Waals surface area contributed by atoms with Crippen LogP contribution in [-0.2, 0) is 0 Å². The van der Waals surface area contributed by atoms with Gasteiger partial charge in [-0.25, -0.2) is 9.18 Å². The lowest BCUT2D eigenvalue weighted by Gasteiger charge is -2.22. The van der Waals surface area contributed by atoms with Crippen molar-refractivity contribution < 1.29 is 13.6 Å². The van der Waals surface area contributed by atoms with Crippen LogP contribution >= 0.6 is 0 Å². The van der Waals surface area contributed by atoms with Crippen molar-refractivity contribution in [3.8, 4) is 11.3 Å². The van der Waals surface area contributed by atoms with Gasteiger partial charge >= 0.3 is 6.03 Å². The molecule has 0 spiro atoms. The van der Waals surface area contributed by atoms with Crippen molar-refractivity contribution in [3.63, 3.8) is 0 Å². The number of rotatable bonds is 4. The third kappa shape index (κ3) is 3.22. The second kappa shape index (κ2) is 6.71. The Balaban J connectivity index is 1.15. The first kappa shape index (κ1) is 16.9. The fraction of sp³-hybridized carbons (Fsp3) is 0.227. The lowest BCUT2D eigenvalue weighted by Crippen LogP contribution is -2.37. The number of anilines is 2. The van der Waals surface area contributed by atoms with Gasteiger partial charge in [0.15, 0.2) is 0 Å². The van der Waals surface area contributed by atoms with E-state index in [0.717, 1.165) is 35.8 Å². The van der Waals surface area contributed by atoms with Crippen molar-refractivity contribution in [2.45, 2.75) is 6.04 Å². The van der Waals surface area contributed by atoms with Crippen LogP contribution in [0.2, 0.25) is 0 Å². The Morgan fingerprint density at radius 3 is 2.54 bits per heavy atom. The molecule has 2 heterocycles. The molecule has 2 amide bonds. The molecular weight excluding hydrogens is 357 g/mol. The summed E-state index contributed by atoms with van der Waals surface area (Å²) in [6.07, 6.45) is 1.63. The van der Waals surface area contributed by atoms with Crippen molar-refractivity contribution in [2.75, 3.05) is 23.3 Å². The highest BCUT2D eigenvalue weighted by Gasteiger charge is 2.56. The Bertz CT molecular complexity index is 975. The monoisotopic (exact) mass is 377 g/mol. The molecule has 2 aromatic carbocycles. The molecule has 0 radical (unpaired) electrons. The van der Waals surface area contributed by atoms with E-state index in [0.29, 0.717) is 11.8 Å². The van der Waals surface area contributed by atoms with Crippen LogP contribution in [0.15, 0.2) is 71.3 Å². The van der Waals surface area contributed by atoms with Gasteiger partial charge in [0.25, 0.3) is 0 Å². The molecular formula is C22H20FN3O2. The second-order valence-electron chi connectivity index (χ2n) is 7.39. The SMILES string of the molecule is O=C(Nc1cccc(-c2ccco2)c1)NC1C2CN(c3ccc(F)cc3)CC21. The number of benzene rings is 2. The molecule has 3 aromatic rings. The summed E-state index contributed by atoms with van der Waals surface area (Å²) in [5.41, 5.74) is 2.68. The summed E-state index contributed by atoms with van der Waals surface area (Å²) in [6.45, 7) is 1.77. The van der Waals surface area contributed by atoms with E-state index in [1.54, 1.807) is 18.4 Å². The number of carbonyl (C=O) groups excluding carboxylic acids is 1. The van der Waals surface area contributed by atoms with Crippen molar-refractivity contribution in [2.24, 2.45) is 11.8 Å². The number of nitrogens with one attached hydrogen (secondary N) is 2. The third-order valence-electron chi connectivity index (χ3n) is 5.61. The number of hydrogen-bond donors (Lipinski definition) is 2. The van der Waals surface area contributed by atoms with Gasteiger partial charge in [-0.1, -0.05) is 12.1 Å². The molecule has 5 nitrogen and oxygen atoms in total. The van der Waals surface area contributed by atoms with E-state index in [-0.39, 0.29) is 17.9 Å². The smallest absolute Gasteiger partial charge is 0.319 e. The molecule has 142 valence electrons. The van der Waals surface area contributed by atoms with Crippen molar-refractivity contribution in [3.05, 3.63) is 72.7 Å². The van der Waals surface area contributed by atoms with Crippen LogP contribution in [0.5, 0.6) is 0 Å².